The van der Waals surface area contributed by atoms with Crippen molar-refractivity contribution in [1.82, 2.24) is 5.32 Å². The predicted molar refractivity (Wildman–Crippen MR) is 84.0 cm³/mol. The fourth-order valence-corrected chi connectivity index (χ4v) is 4.08. The number of rotatable bonds is 5. The summed E-state index contributed by atoms with van der Waals surface area (Å²) >= 11 is 3.30. The van der Waals surface area contributed by atoms with Crippen LogP contribution in [0.5, 0.6) is 0 Å². The molecule has 1 aliphatic rings. The minimum atomic E-state index is -3.04. The lowest BCUT2D eigenvalue weighted by Crippen LogP contribution is -2.38. The van der Waals surface area contributed by atoms with Crippen LogP contribution in [0.4, 0.5) is 0 Å². The standard InChI is InChI=1S/C14H16BrNO5S/c15-11-3-1-10(2-4-11)7-14(18)21-8-13(17)16-12-5-6-22(19,20)9-12/h1-4,12H,5-9H2,(H,16,17). The number of halogens is 1. The second-order valence-corrected chi connectivity index (χ2v) is 8.28. The highest BCUT2D eigenvalue weighted by Crippen LogP contribution is 2.12. The molecule has 22 heavy (non-hydrogen) atoms. The molecule has 0 saturated carbocycles. The third-order valence-electron chi connectivity index (χ3n) is 3.22. The van der Waals surface area contributed by atoms with Crippen molar-refractivity contribution >= 4 is 37.6 Å². The summed E-state index contributed by atoms with van der Waals surface area (Å²) in [6.45, 7) is -0.397. The van der Waals surface area contributed by atoms with Crippen molar-refractivity contribution in [3.8, 4) is 0 Å². The summed E-state index contributed by atoms with van der Waals surface area (Å²) in [5.41, 5.74) is 0.787. The highest BCUT2D eigenvalue weighted by atomic mass is 79.9. The van der Waals surface area contributed by atoms with Crippen molar-refractivity contribution in [3.63, 3.8) is 0 Å². The molecule has 1 unspecified atom stereocenters. The first-order valence-corrected chi connectivity index (χ1v) is 9.35. The van der Waals surface area contributed by atoms with Crippen LogP contribution in [0.25, 0.3) is 0 Å². The van der Waals surface area contributed by atoms with E-state index in [1.54, 1.807) is 12.1 Å². The van der Waals surface area contributed by atoms with Crippen LogP contribution < -0.4 is 5.32 Å². The molecule has 1 N–H and O–H groups in total. The van der Waals surface area contributed by atoms with E-state index in [9.17, 15) is 18.0 Å². The Morgan fingerprint density at radius 3 is 2.55 bits per heavy atom. The zero-order valence-electron chi connectivity index (χ0n) is 11.7. The van der Waals surface area contributed by atoms with Gasteiger partial charge in [-0.25, -0.2) is 8.42 Å². The van der Waals surface area contributed by atoms with Gasteiger partial charge in [0.05, 0.1) is 17.9 Å². The van der Waals surface area contributed by atoms with Crippen LogP contribution in [0.1, 0.15) is 12.0 Å². The van der Waals surface area contributed by atoms with Gasteiger partial charge in [0.25, 0.3) is 5.91 Å². The molecule has 8 heteroatoms. The number of hydrogen-bond acceptors (Lipinski definition) is 5. The van der Waals surface area contributed by atoms with E-state index in [1.165, 1.54) is 0 Å². The molecule has 0 radical (unpaired) electrons. The number of esters is 1. The minimum Gasteiger partial charge on any atom is -0.455 e. The smallest absolute Gasteiger partial charge is 0.310 e. The van der Waals surface area contributed by atoms with Gasteiger partial charge in [-0.3, -0.25) is 9.59 Å². The van der Waals surface area contributed by atoms with Gasteiger partial charge in [0.15, 0.2) is 16.4 Å². The average molecular weight is 390 g/mol. The minimum absolute atomic E-state index is 0.0500. The molecule has 1 saturated heterocycles. The van der Waals surface area contributed by atoms with E-state index in [2.05, 4.69) is 21.2 Å². The summed E-state index contributed by atoms with van der Waals surface area (Å²) in [7, 11) is -3.04. The lowest BCUT2D eigenvalue weighted by Gasteiger charge is -2.11. The molecule has 1 aromatic rings. The highest BCUT2D eigenvalue weighted by Gasteiger charge is 2.28. The van der Waals surface area contributed by atoms with E-state index in [4.69, 9.17) is 4.74 Å². The highest BCUT2D eigenvalue weighted by molar-refractivity contribution is 9.10. The SMILES string of the molecule is O=C(COC(=O)Cc1ccc(Br)cc1)NC1CCS(=O)(=O)C1. The molecule has 0 spiro atoms. The molecule has 0 aliphatic carbocycles. The molecular weight excluding hydrogens is 374 g/mol. The van der Waals surface area contributed by atoms with Crippen LogP contribution in [0.2, 0.25) is 0 Å². The Morgan fingerprint density at radius 1 is 1.27 bits per heavy atom. The molecule has 2 rings (SSSR count). The van der Waals surface area contributed by atoms with Crippen molar-refractivity contribution in [2.24, 2.45) is 0 Å². The Balaban J connectivity index is 1.72. The zero-order chi connectivity index (χ0) is 16.2. The van der Waals surface area contributed by atoms with Gasteiger partial charge in [-0.05, 0) is 24.1 Å². The van der Waals surface area contributed by atoms with Crippen LogP contribution in [0.3, 0.4) is 0 Å². The normalized spacial score (nSPS) is 19.6. The van der Waals surface area contributed by atoms with Crippen LogP contribution in [0, 0.1) is 0 Å². The monoisotopic (exact) mass is 389 g/mol. The number of amides is 1. The Bertz CT molecular complexity index is 656. The predicted octanol–water partition coefficient (Wildman–Crippen LogP) is 0.838. The Labute approximate surface area is 137 Å². The number of hydrogen-bond donors (Lipinski definition) is 1. The number of nitrogens with one attached hydrogen (secondary N) is 1. The fraction of sp³-hybridized carbons (Fsp3) is 0.429. The summed E-state index contributed by atoms with van der Waals surface area (Å²) in [6, 6.07) is 6.82. The topological polar surface area (TPSA) is 89.5 Å². The van der Waals surface area contributed by atoms with Crippen LogP contribution >= 0.6 is 15.9 Å². The zero-order valence-corrected chi connectivity index (χ0v) is 14.2. The summed E-state index contributed by atoms with van der Waals surface area (Å²) < 4.78 is 28.4. The lowest BCUT2D eigenvalue weighted by atomic mass is 10.2. The van der Waals surface area contributed by atoms with Crippen LogP contribution in [0.15, 0.2) is 28.7 Å². The van der Waals surface area contributed by atoms with Gasteiger partial charge in [-0.15, -0.1) is 0 Å². The van der Waals surface area contributed by atoms with Gasteiger partial charge in [-0.2, -0.15) is 0 Å². The van der Waals surface area contributed by atoms with Crippen molar-refractivity contribution in [3.05, 3.63) is 34.3 Å². The van der Waals surface area contributed by atoms with E-state index in [1.807, 2.05) is 12.1 Å². The molecule has 0 aromatic heterocycles. The third kappa shape index (κ3) is 5.42. The maximum absolute atomic E-state index is 11.6. The van der Waals surface area contributed by atoms with E-state index < -0.39 is 28.3 Å². The molecular formula is C14H16BrNO5S. The molecule has 0 bridgehead atoms. The average Bonchev–Trinajstić information content (AvgIpc) is 2.78. The van der Waals surface area contributed by atoms with Gasteiger partial charge in [-0.1, -0.05) is 28.1 Å². The van der Waals surface area contributed by atoms with Gasteiger partial charge in [0, 0.05) is 10.5 Å². The number of benzene rings is 1. The van der Waals surface area contributed by atoms with Gasteiger partial charge in [0.2, 0.25) is 0 Å². The summed E-state index contributed by atoms with van der Waals surface area (Å²) in [6.07, 6.45) is 0.485. The first-order chi connectivity index (χ1) is 10.3. The van der Waals surface area contributed by atoms with Gasteiger partial charge < -0.3 is 10.1 Å². The maximum atomic E-state index is 11.6. The second kappa shape index (κ2) is 7.23. The van der Waals surface area contributed by atoms with Crippen molar-refractivity contribution < 1.29 is 22.7 Å². The Hall–Kier alpha value is -1.41. The second-order valence-electron chi connectivity index (χ2n) is 5.13. The van der Waals surface area contributed by atoms with Crippen molar-refractivity contribution in [2.45, 2.75) is 18.9 Å². The molecule has 1 aromatic carbocycles. The molecule has 1 heterocycles. The summed E-state index contributed by atoms with van der Waals surface area (Å²) in [4.78, 5) is 23.3. The first kappa shape index (κ1) is 17.0. The number of ether oxygens (including phenoxy) is 1. The van der Waals surface area contributed by atoms with Gasteiger partial charge >= 0.3 is 5.97 Å². The quantitative estimate of drug-likeness (QED) is 0.753. The summed E-state index contributed by atoms with van der Waals surface area (Å²) in [5.74, 6) is -0.949. The molecule has 1 atom stereocenters. The molecule has 1 fully saturated rings. The molecule has 6 nitrogen and oxygen atoms in total. The van der Waals surface area contributed by atoms with Gasteiger partial charge in [0.1, 0.15) is 0 Å². The van der Waals surface area contributed by atoms with E-state index in [0.717, 1.165) is 10.0 Å². The van der Waals surface area contributed by atoms with Crippen LogP contribution in [-0.2, 0) is 30.6 Å². The van der Waals surface area contributed by atoms with Crippen LogP contribution in [-0.4, -0.2) is 44.4 Å². The lowest BCUT2D eigenvalue weighted by molar-refractivity contribution is -0.148. The molecule has 120 valence electrons. The van der Waals surface area contributed by atoms with E-state index in [-0.39, 0.29) is 24.0 Å². The summed E-state index contributed by atoms with van der Waals surface area (Å²) in [5, 5.41) is 2.56. The Morgan fingerprint density at radius 2 is 1.95 bits per heavy atom. The van der Waals surface area contributed by atoms with Crippen molar-refractivity contribution in [1.29, 1.82) is 0 Å². The fourth-order valence-electron chi connectivity index (χ4n) is 2.14. The maximum Gasteiger partial charge on any atom is 0.310 e. The number of carbonyl (C=O) groups excluding carboxylic acids is 2. The first-order valence-electron chi connectivity index (χ1n) is 6.74. The van der Waals surface area contributed by atoms with E-state index >= 15 is 0 Å². The molecule has 1 amide bonds. The number of carbonyl (C=O) groups is 2. The third-order valence-corrected chi connectivity index (χ3v) is 5.52. The molecule has 1 aliphatic heterocycles. The number of sulfone groups is 1. The van der Waals surface area contributed by atoms with Crippen molar-refractivity contribution in [2.75, 3.05) is 18.1 Å². The van der Waals surface area contributed by atoms with E-state index in [0.29, 0.717) is 6.42 Å². The largest absolute Gasteiger partial charge is 0.455 e. The Kier molecular flexibility index (Phi) is 5.57.